The number of hydrogen-bond acceptors (Lipinski definition) is 4. The monoisotopic (exact) mass is 532 g/mol. The van der Waals surface area contributed by atoms with E-state index in [1.165, 1.54) is 6.07 Å². The van der Waals surface area contributed by atoms with Crippen molar-refractivity contribution in [2.45, 2.75) is 51.1 Å². The lowest BCUT2D eigenvalue weighted by Crippen LogP contribution is -2.49. The Morgan fingerprint density at radius 1 is 1.13 bits per heavy atom. The molecule has 6 rings (SSSR count). The molecule has 1 fully saturated rings. The fourth-order valence-electron chi connectivity index (χ4n) is 5.18. The largest absolute Gasteiger partial charge is 0.347 e. The maximum Gasteiger partial charge on any atom is 0.287 e. The van der Waals surface area contributed by atoms with Gasteiger partial charge in [-0.1, -0.05) is 29.8 Å². The van der Waals surface area contributed by atoms with Crippen molar-refractivity contribution >= 4 is 23.4 Å². The number of imidazole rings is 1. The van der Waals surface area contributed by atoms with Crippen LogP contribution in [0.1, 0.15) is 58.4 Å². The zero-order valence-corrected chi connectivity index (χ0v) is 21.7. The molecular formula is C28H26ClFN6O2. The highest BCUT2D eigenvalue weighted by Crippen LogP contribution is 2.41. The lowest BCUT2D eigenvalue weighted by molar-refractivity contribution is -0.124. The molecule has 0 bridgehead atoms. The lowest BCUT2D eigenvalue weighted by atomic mass is 9.94. The summed E-state index contributed by atoms with van der Waals surface area (Å²) in [5.74, 6) is -0.823. The van der Waals surface area contributed by atoms with E-state index >= 15 is 4.39 Å². The van der Waals surface area contributed by atoms with Gasteiger partial charge >= 0.3 is 0 Å². The van der Waals surface area contributed by atoms with Gasteiger partial charge in [0.25, 0.3) is 5.91 Å². The minimum atomic E-state index is -0.907. The number of halogens is 2. The third-order valence-electron chi connectivity index (χ3n) is 7.31. The highest BCUT2D eigenvalue weighted by molar-refractivity contribution is 6.31. The Morgan fingerprint density at radius 3 is 2.63 bits per heavy atom. The molecule has 194 valence electrons. The van der Waals surface area contributed by atoms with Gasteiger partial charge < -0.3 is 15.6 Å². The predicted molar refractivity (Wildman–Crippen MR) is 141 cm³/mol. The van der Waals surface area contributed by atoms with Crippen LogP contribution in [0.4, 0.5) is 4.39 Å². The third kappa shape index (κ3) is 4.36. The Morgan fingerprint density at radius 2 is 1.95 bits per heavy atom. The molecule has 1 saturated carbocycles. The average molecular weight is 533 g/mol. The van der Waals surface area contributed by atoms with E-state index in [1.807, 2.05) is 32.0 Å². The van der Waals surface area contributed by atoms with Gasteiger partial charge in [0.2, 0.25) is 5.91 Å². The van der Waals surface area contributed by atoms with Crippen molar-refractivity contribution in [2.75, 3.05) is 0 Å². The second kappa shape index (κ2) is 9.09. The maximum absolute atomic E-state index is 15.1. The molecule has 2 aliphatic carbocycles. The van der Waals surface area contributed by atoms with Crippen LogP contribution in [0, 0.1) is 19.7 Å². The number of carbonyl (C=O) groups excluding carboxylic acids is 2. The molecule has 0 aliphatic heterocycles. The second-order valence-corrected chi connectivity index (χ2v) is 10.6. The summed E-state index contributed by atoms with van der Waals surface area (Å²) in [5, 5.41) is 13.4. The standard InChI is InChI=1S/C28H26ClFN6O2/c1-14-9-23(36-35-14)24-20(11-18(29)12-21(24)30)17-3-5-19-16(10-17)4-6-22(19)33-27(38)28(7-8-28)34-26(37)25-31-13-15(2)32-25/h3,5,9-13,22H,4,6-8H2,1-2H3,(H,31,32)(H,33,38)(H,34,37)(H,35,36)/t22-/m0/s1. The quantitative estimate of drug-likeness (QED) is 0.281. The number of aromatic nitrogens is 4. The molecule has 0 radical (unpaired) electrons. The van der Waals surface area contributed by atoms with Gasteiger partial charge in [0, 0.05) is 28.2 Å². The van der Waals surface area contributed by atoms with Crippen LogP contribution in [0.5, 0.6) is 0 Å². The van der Waals surface area contributed by atoms with E-state index in [9.17, 15) is 9.59 Å². The molecule has 0 unspecified atom stereocenters. The highest BCUT2D eigenvalue weighted by Gasteiger charge is 2.52. The number of nitrogens with one attached hydrogen (secondary N) is 4. The summed E-state index contributed by atoms with van der Waals surface area (Å²) in [6, 6.07) is 10.6. The molecule has 2 aliphatic rings. The summed E-state index contributed by atoms with van der Waals surface area (Å²) in [4.78, 5) is 32.7. The van der Waals surface area contributed by atoms with E-state index in [4.69, 9.17) is 11.6 Å². The fourth-order valence-corrected chi connectivity index (χ4v) is 5.38. The van der Waals surface area contributed by atoms with Gasteiger partial charge in [-0.15, -0.1) is 0 Å². The van der Waals surface area contributed by atoms with Crippen molar-refractivity contribution < 1.29 is 14.0 Å². The number of fused-ring (bicyclic) bond motifs is 1. The van der Waals surface area contributed by atoms with Gasteiger partial charge in [-0.25, -0.2) is 9.37 Å². The Hall–Kier alpha value is -3.98. The SMILES string of the molecule is Cc1cc(-c2c(F)cc(Cl)cc2-c2ccc3c(c2)CC[C@@H]3NC(=O)C2(NC(=O)c3ncc(C)[nH]3)CC2)n[nH]1. The number of aromatic amines is 2. The molecule has 10 heteroatoms. The zero-order valence-electron chi connectivity index (χ0n) is 20.9. The topological polar surface area (TPSA) is 116 Å². The van der Waals surface area contributed by atoms with Crippen LogP contribution in [0.25, 0.3) is 22.4 Å². The first-order chi connectivity index (χ1) is 18.2. The summed E-state index contributed by atoms with van der Waals surface area (Å²) < 4.78 is 15.1. The molecule has 38 heavy (non-hydrogen) atoms. The van der Waals surface area contributed by atoms with E-state index in [-0.39, 0.29) is 23.7 Å². The molecule has 1 atom stereocenters. The molecule has 2 amide bonds. The van der Waals surface area contributed by atoms with Gasteiger partial charge in [0.1, 0.15) is 11.4 Å². The first kappa shape index (κ1) is 24.4. The van der Waals surface area contributed by atoms with Gasteiger partial charge in [-0.3, -0.25) is 14.7 Å². The summed E-state index contributed by atoms with van der Waals surface area (Å²) in [6.45, 7) is 3.68. The zero-order chi connectivity index (χ0) is 26.6. The van der Waals surface area contributed by atoms with Crippen molar-refractivity contribution in [3.63, 3.8) is 0 Å². The van der Waals surface area contributed by atoms with E-state index < -0.39 is 11.4 Å². The normalized spacial score (nSPS) is 17.2. The summed E-state index contributed by atoms with van der Waals surface area (Å²) in [7, 11) is 0. The predicted octanol–water partition coefficient (Wildman–Crippen LogP) is 4.94. The van der Waals surface area contributed by atoms with Gasteiger partial charge in [-0.05, 0) is 80.0 Å². The van der Waals surface area contributed by atoms with Crippen LogP contribution >= 0.6 is 11.6 Å². The number of benzene rings is 2. The Bertz CT molecular complexity index is 1590. The molecule has 0 spiro atoms. The third-order valence-corrected chi connectivity index (χ3v) is 7.53. The maximum atomic E-state index is 15.1. The number of amides is 2. The van der Waals surface area contributed by atoms with E-state index in [2.05, 4.69) is 30.8 Å². The molecule has 4 N–H and O–H groups in total. The van der Waals surface area contributed by atoms with Crippen LogP contribution in [0.3, 0.4) is 0 Å². The Kier molecular flexibility index (Phi) is 5.83. The Balaban J connectivity index is 1.23. The fraction of sp³-hybridized carbons (Fsp3) is 0.286. The number of hydrogen-bond donors (Lipinski definition) is 4. The molecule has 8 nitrogen and oxygen atoms in total. The molecular weight excluding hydrogens is 507 g/mol. The van der Waals surface area contributed by atoms with Gasteiger partial charge in [0.05, 0.1) is 11.7 Å². The highest BCUT2D eigenvalue weighted by atomic mass is 35.5. The van der Waals surface area contributed by atoms with E-state index in [0.29, 0.717) is 34.7 Å². The van der Waals surface area contributed by atoms with Crippen molar-refractivity contribution in [2.24, 2.45) is 0 Å². The van der Waals surface area contributed by atoms with Crippen molar-refractivity contribution in [3.8, 4) is 22.4 Å². The lowest BCUT2D eigenvalue weighted by Gasteiger charge is -2.21. The first-order valence-electron chi connectivity index (χ1n) is 12.5. The molecule has 2 aromatic heterocycles. The molecule has 4 aromatic rings. The average Bonchev–Trinajstić information content (AvgIpc) is 3.17. The number of nitrogens with zero attached hydrogens (tertiary/aromatic N) is 2. The minimum absolute atomic E-state index is 0.170. The number of rotatable bonds is 6. The van der Waals surface area contributed by atoms with Crippen LogP contribution < -0.4 is 10.6 Å². The van der Waals surface area contributed by atoms with E-state index in [1.54, 1.807) is 18.3 Å². The van der Waals surface area contributed by atoms with Crippen molar-refractivity contribution in [3.05, 3.63) is 81.8 Å². The van der Waals surface area contributed by atoms with E-state index in [0.717, 1.165) is 40.9 Å². The smallest absolute Gasteiger partial charge is 0.287 e. The molecule has 2 heterocycles. The van der Waals surface area contributed by atoms with Crippen LogP contribution in [0.15, 0.2) is 42.6 Å². The summed E-state index contributed by atoms with van der Waals surface area (Å²) in [6.07, 6.45) is 4.24. The van der Waals surface area contributed by atoms with Gasteiger partial charge in [-0.2, -0.15) is 5.10 Å². The van der Waals surface area contributed by atoms with Crippen LogP contribution in [0.2, 0.25) is 5.02 Å². The number of carbonyl (C=O) groups is 2. The summed E-state index contributed by atoms with van der Waals surface area (Å²) in [5.41, 5.74) is 5.18. The van der Waals surface area contributed by atoms with Crippen molar-refractivity contribution in [1.29, 1.82) is 0 Å². The molecule has 2 aromatic carbocycles. The Labute approximate surface area is 223 Å². The number of aryl methyl sites for hydroxylation is 3. The van der Waals surface area contributed by atoms with Crippen molar-refractivity contribution in [1.82, 2.24) is 30.8 Å². The second-order valence-electron chi connectivity index (χ2n) is 10.2. The van der Waals surface area contributed by atoms with Gasteiger partial charge in [0.15, 0.2) is 5.82 Å². The summed E-state index contributed by atoms with van der Waals surface area (Å²) >= 11 is 6.24. The van der Waals surface area contributed by atoms with Crippen LogP contribution in [-0.2, 0) is 11.2 Å². The first-order valence-corrected chi connectivity index (χ1v) is 12.9. The number of H-pyrrole nitrogens is 2. The molecule has 0 saturated heterocycles. The minimum Gasteiger partial charge on any atom is -0.347 e. The van der Waals surface area contributed by atoms with Crippen LogP contribution in [-0.4, -0.2) is 37.5 Å².